The van der Waals surface area contributed by atoms with Crippen LogP contribution in [0.15, 0.2) is 30.6 Å². The summed E-state index contributed by atoms with van der Waals surface area (Å²) < 4.78 is 0. The fourth-order valence-electron chi connectivity index (χ4n) is 3.16. The fraction of sp³-hybridized carbons (Fsp3) is 0.550. The van der Waals surface area contributed by atoms with Gasteiger partial charge < -0.3 is 16.0 Å². The van der Waals surface area contributed by atoms with Crippen LogP contribution in [0.5, 0.6) is 0 Å². The van der Waals surface area contributed by atoms with Crippen molar-refractivity contribution < 1.29 is 0 Å². The standard InChI is InChI=1S/C20H30N6/c1-3-15(2)24-20-25-18(17-5-4-9-22-14-17)13-19(26-20)23-12-8-16-6-10-21-11-7-16/h4-5,9,13-16,21H,3,6-8,10-12H2,1-2H3,(H2,23,24,25,26)/t15-/m0/s1. The first kappa shape index (κ1) is 18.6. The van der Waals surface area contributed by atoms with Gasteiger partial charge in [-0.05, 0) is 63.7 Å². The zero-order valence-corrected chi connectivity index (χ0v) is 15.8. The molecule has 3 rings (SSSR count). The van der Waals surface area contributed by atoms with Crippen molar-refractivity contribution in [2.24, 2.45) is 5.92 Å². The lowest BCUT2D eigenvalue weighted by atomic mass is 9.95. The zero-order chi connectivity index (χ0) is 18.2. The highest BCUT2D eigenvalue weighted by atomic mass is 15.2. The van der Waals surface area contributed by atoms with E-state index in [4.69, 9.17) is 0 Å². The Bertz CT molecular complexity index is 669. The van der Waals surface area contributed by atoms with E-state index in [1.165, 1.54) is 19.3 Å². The number of pyridine rings is 1. The Hall–Kier alpha value is -2.21. The highest BCUT2D eigenvalue weighted by Gasteiger charge is 2.13. The summed E-state index contributed by atoms with van der Waals surface area (Å²) in [6.45, 7) is 7.53. The average Bonchev–Trinajstić information content (AvgIpc) is 2.69. The lowest BCUT2D eigenvalue weighted by Crippen LogP contribution is -2.28. The molecule has 0 spiro atoms. The summed E-state index contributed by atoms with van der Waals surface area (Å²) in [6, 6.07) is 6.31. The largest absolute Gasteiger partial charge is 0.370 e. The van der Waals surface area contributed by atoms with Crippen LogP contribution in [0.3, 0.4) is 0 Å². The first-order chi connectivity index (χ1) is 12.7. The summed E-state index contributed by atoms with van der Waals surface area (Å²) >= 11 is 0. The van der Waals surface area contributed by atoms with E-state index in [1.807, 2.05) is 24.4 Å². The summed E-state index contributed by atoms with van der Waals surface area (Å²) in [7, 11) is 0. The number of hydrogen-bond donors (Lipinski definition) is 3. The van der Waals surface area contributed by atoms with Gasteiger partial charge >= 0.3 is 0 Å². The first-order valence-electron chi connectivity index (χ1n) is 9.75. The molecule has 0 radical (unpaired) electrons. The molecule has 1 aliphatic heterocycles. The van der Waals surface area contributed by atoms with E-state index in [2.05, 4.69) is 44.7 Å². The van der Waals surface area contributed by atoms with Gasteiger partial charge in [-0.25, -0.2) is 4.98 Å². The molecule has 1 aliphatic rings. The molecule has 0 aliphatic carbocycles. The first-order valence-corrected chi connectivity index (χ1v) is 9.75. The van der Waals surface area contributed by atoms with Crippen molar-refractivity contribution in [3.05, 3.63) is 30.6 Å². The monoisotopic (exact) mass is 354 g/mol. The number of rotatable bonds is 8. The van der Waals surface area contributed by atoms with Gasteiger partial charge in [-0.3, -0.25) is 4.98 Å². The minimum absolute atomic E-state index is 0.335. The Morgan fingerprint density at radius 1 is 1.27 bits per heavy atom. The smallest absolute Gasteiger partial charge is 0.225 e. The van der Waals surface area contributed by atoms with Crippen molar-refractivity contribution >= 4 is 11.8 Å². The zero-order valence-electron chi connectivity index (χ0n) is 15.8. The molecule has 0 amide bonds. The Morgan fingerprint density at radius 2 is 2.12 bits per heavy atom. The van der Waals surface area contributed by atoms with Crippen LogP contribution >= 0.6 is 0 Å². The predicted molar refractivity (Wildman–Crippen MR) is 107 cm³/mol. The second kappa shape index (κ2) is 9.48. The third-order valence-corrected chi connectivity index (χ3v) is 4.99. The second-order valence-corrected chi connectivity index (χ2v) is 7.07. The molecular formula is C20H30N6. The van der Waals surface area contributed by atoms with Gasteiger partial charge in [0.1, 0.15) is 5.82 Å². The van der Waals surface area contributed by atoms with Crippen LogP contribution < -0.4 is 16.0 Å². The quantitative estimate of drug-likeness (QED) is 0.673. The Kier molecular flexibility index (Phi) is 6.77. The lowest BCUT2D eigenvalue weighted by Gasteiger charge is -2.22. The van der Waals surface area contributed by atoms with Crippen molar-refractivity contribution in [3.8, 4) is 11.3 Å². The van der Waals surface area contributed by atoms with Crippen LogP contribution in [0.25, 0.3) is 11.3 Å². The maximum atomic E-state index is 4.68. The molecule has 6 nitrogen and oxygen atoms in total. The van der Waals surface area contributed by atoms with Gasteiger partial charge in [0.15, 0.2) is 0 Å². The number of anilines is 2. The molecular weight excluding hydrogens is 324 g/mol. The van der Waals surface area contributed by atoms with E-state index in [0.29, 0.717) is 12.0 Å². The van der Waals surface area contributed by atoms with Gasteiger partial charge in [0.2, 0.25) is 5.95 Å². The molecule has 6 heteroatoms. The normalized spacial score (nSPS) is 16.2. The van der Waals surface area contributed by atoms with E-state index in [-0.39, 0.29) is 0 Å². The minimum atomic E-state index is 0.335. The maximum Gasteiger partial charge on any atom is 0.225 e. The van der Waals surface area contributed by atoms with Gasteiger partial charge in [0, 0.05) is 36.6 Å². The molecule has 1 saturated heterocycles. The van der Waals surface area contributed by atoms with Crippen molar-refractivity contribution in [2.75, 3.05) is 30.3 Å². The van der Waals surface area contributed by atoms with Gasteiger partial charge in [0.25, 0.3) is 0 Å². The van der Waals surface area contributed by atoms with Crippen molar-refractivity contribution in [1.29, 1.82) is 0 Å². The molecule has 0 aromatic carbocycles. The number of aromatic nitrogens is 3. The molecule has 26 heavy (non-hydrogen) atoms. The van der Waals surface area contributed by atoms with E-state index in [1.54, 1.807) is 6.20 Å². The molecule has 1 atom stereocenters. The molecule has 0 saturated carbocycles. The van der Waals surface area contributed by atoms with Gasteiger partial charge in [0.05, 0.1) is 5.69 Å². The molecule has 3 heterocycles. The van der Waals surface area contributed by atoms with Crippen molar-refractivity contribution in [3.63, 3.8) is 0 Å². The lowest BCUT2D eigenvalue weighted by molar-refractivity contribution is 0.361. The summed E-state index contributed by atoms with van der Waals surface area (Å²) in [5, 5.41) is 10.3. The predicted octanol–water partition coefficient (Wildman–Crippen LogP) is 3.55. The van der Waals surface area contributed by atoms with Crippen LogP contribution in [0.2, 0.25) is 0 Å². The molecule has 140 valence electrons. The van der Waals surface area contributed by atoms with Crippen LogP contribution in [-0.2, 0) is 0 Å². The topological polar surface area (TPSA) is 74.8 Å². The number of hydrogen-bond acceptors (Lipinski definition) is 6. The molecule has 2 aromatic rings. The van der Waals surface area contributed by atoms with E-state index in [9.17, 15) is 0 Å². The summed E-state index contributed by atoms with van der Waals surface area (Å²) in [4.78, 5) is 13.6. The van der Waals surface area contributed by atoms with E-state index >= 15 is 0 Å². The SMILES string of the molecule is CC[C@H](C)Nc1nc(NCCC2CCNCC2)cc(-c2cccnc2)n1. The summed E-state index contributed by atoms with van der Waals surface area (Å²) in [6.07, 6.45) is 8.37. The minimum Gasteiger partial charge on any atom is -0.370 e. The van der Waals surface area contributed by atoms with Crippen LogP contribution in [0.1, 0.15) is 39.5 Å². The number of piperidine rings is 1. The van der Waals surface area contributed by atoms with Gasteiger partial charge in [-0.1, -0.05) is 6.92 Å². The van der Waals surface area contributed by atoms with Gasteiger partial charge in [-0.15, -0.1) is 0 Å². The van der Waals surface area contributed by atoms with Crippen LogP contribution in [-0.4, -0.2) is 40.6 Å². The molecule has 0 bridgehead atoms. The highest BCUT2D eigenvalue weighted by molar-refractivity contribution is 5.63. The second-order valence-electron chi connectivity index (χ2n) is 7.07. The van der Waals surface area contributed by atoms with Gasteiger partial charge in [-0.2, -0.15) is 4.98 Å². The molecule has 3 N–H and O–H groups in total. The maximum absolute atomic E-state index is 4.68. The van der Waals surface area contributed by atoms with Crippen LogP contribution in [0.4, 0.5) is 11.8 Å². The highest BCUT2D eigenvalue weighted by Crippen LogP contribution is 2.22. The average molecular weight is 355 g/mol. The Labute approximate surface area is 156 Å². The van der Waals surface area contributed by atoms with Crippen molar-refractivity contribution in [1.82, 2.24) is 20.3 Å². The fourth-order valence-corrected chi connectivity index (χ4v) is 3.16. The summed E-state index contributed by atoms with van der Waals surface area (Å²) in [5.74, 6) is 2.35. The Balaban J connectivity index is 1.71. The molecule has 2 aromatic heterocycles. The van der Waals surface area contributed by atoms with Crippen LogP contribution in [0, 0.1) is 5.92 Å². The van der Waals surface area contributed by atoms with E-state index < -0.39 is 0 Å². The number of nitrogens with one attached hydrogen (secondary N) is 3. The van der Waals surface area contributed by atoms with E-state index in [0.717, 1.165) is 49.0 Å². The third-order valence-electron chi connectivity index (χ3n) is 4.99. The molecule has 0 unspecified atom stereocenters. The molecule has 1 fully saturated rings. The van der Waals surface area contributed by atoms with Crippen molar-refractivity contribution in [2.45, 2.75) is 45.6 Å². The Morgan fingerprint density at radius 3 is 2.85 bits per heavy atom. The summed E-state index contributed by atoms with van der Waals surface area (Å²) in [5.41, 5.74) is 1.90. The third kappa shape index (κ3) is 5.39. The number of nitrogens with zero attached hydrogens (tertiary/aromatic N) is 3.